The minimum absolute atomic E-state index is 0.0352. The van der Waals surface area contributed by atoms with Crippen LogP contribution in [0.25, 0.3) is 0 Å². The van der Waals surface area contributed by atoms with E-state index in [1.807, 2.05) is 30.0 Å². The summed E-state index contributed by atoms with van der Waals surface area (Å²) in [6.07, 6.45) is 2.87. The maximum Gasteiger partial charge on any atom is 0.261 e. The molecule has 0 aromatic heterocycles. The van der Waals surface area contributed by atoms with Gasteiger partial charge in [0.1, 0.15) is 5.75 Å². The van der Waals surface area contributed by atoms with Gasteiger partial charge in [-0.15, -0.1) is 0 Å². The Kier molecular flexibility index (Phi) is 7.81. The molecule has 1 aliphatic heterocycles. The van der Waals surface area contributed by atoms with Crippen LogP contribution in [0.5, 0.6) is 5.75 Å². The van der Waals surface area contributed by atoms with Gasteiger partial charge in [-0.05, 0) is 61.8 Å². The molecule has 2 N–H and O–H groups in total. The number of anilines is 1. The zero-order valence-electron chi connectivity index (χ0n) is 16.7. The highest BCUT2D eigenvalue weighted by Gasteiger charge is 2.22. The molecule has 0 bridgehead atoms. The van der Waals surface area contributed by atoms with Crippen molar-refractivity contribution >= 4 is 50.8 Å². The minimum atomic E-state index is -0.386. The second kappa shape index (κ2) is 10.5. The van der Waals surface area contributed by atoms with Crippen LogP contribution in [0.3, 0.4) is 0 Å². The Morgan fingerprint density at radius 3 is 2.60 bits per heavy atom. The van der Waals surface area contributed by atoms with Gasteiger partial charge in [0.2, 0.25) is 0 Å². The van der Waals surface area contributed by atoms with Crippen molar-refractivity contribution < 1.29 is 14.3 Å². The molecule has 30 heavy (non-hydrogen) atoms. The van der Waals surface area contributed by atoms with Gasteiger partial charge in [0.25, 0.3) is 11.8 Å². The van der Waals surface area contributed by atoms with E-state index in [9.17, 15) is 9.59 Å². The third-order valence-corrected chi connectivity index (χ3v) is 5.37. The molecule has 2 aromatic carbocycles. The van der Waals surface area contributed by atoms with E-state index in [-0.39, 0.29) is 16.9 Å². The summed E-state index contributed by atoms with van der Waals surface area (Å²) in [5, 5.41) is 5.79. The van der Waals surface area contributed by atoms with E-state index in [4.69, 9.17) is 17.0 Å². The fraction of sp³-hybridized carbons (Fsp3) is 0.318. The van der Waals surface area contributed by atoms with Gasteiger partial charge in [0.05, 0.1) is 23.4 Å². The number of hydrogen-bond donors (Lipinski definition) is 2. The Morgan fingerprint density at radius 2 is 1.87 bits per heavy atom. The molecule has 2 amide bonds. The van der Waals surface area contributed by atoms with Crippen LogP contribution in [0.4, 0.5) is 5.69 Å². The SMILES string of the molecule is CCCOc1ccc(Br)cc1C(=O)NC(=S)Nc1ccccc1C(=O)N1CCCC1. The molecule has 0 spiro atoms. The first-order valence-corrected chi connectivity index (χ1v) is 11.1. The molecule has 1 fully saturated rings. The average molecular weight is 490 g/mol. The van der Waals surface area contributed by atoms with Crippen LogP contribution in [-0.4, -0.2) is 41.5 Å². The van der Waals surface area contributed by atoms with Gasteiger partial charge >= 0.3 is 0 Å². The smallest absolute Gasteiger partial charge is 0.261 e. The Labute approximate surface area is 190 Å². The largest absolute Gasteiger partial charge is 0.493 e. The molecule has 0 radical (unpaired) electrons. The zero-order chi connectivity index (χ0) is 21.5. The number of nitrogens with zero attached hydrogens (tertiary/aromatic N) is 1. The number of nitrogens with one attached hydrogen (secondary N) is 2. The second-order valence-electron chi connectivity index (χ2n) is 6.94. The molecule has 0 saturated carbocycles. The maximum absolute atomic E-state index is 12.8. The van der Waals surface area contributed by atoms with Gasteiger partial charge in [-0.1, -0.05) is 35.0 Å². The topological polar surface area (TPSA) is 70.7 Å². The number of ether oxygens (including phenoxy) is 1. The highest BCUT2D eigenvalue weighted by atomic mass is 79.9. The molecular formula is C22H24BrN3O3S. The van der Waals surface area contributed by atoms with Crippen molar-refractivity contribution in [2.24, 2.45) is 0 Å². The molecule has 0 aliphatic carbocycles. The average Bonchev–Trinajstić information content (AvgIpc) is 3.27. The third kappa shape index (κ3) is 5.58. The van der Waals surface area contributed by atoms with Crippen LogP contribution < -0.4 is 15.4 Å². The van der Waals surface area contributed by atoms with Crippen LogP contribution in [0.15, 0.2) is 46.9 Å². The number of amides is 2. The summed E-state index contributed by atoms with van der Waals surface area (Å²) in [6.45, 7) is 4.03. The fourth-order valence-corrected chi connectivity index (χ4v) is 3.77. The van der Waals surface area contributed by atoms with Crippen LogP contribution in [0, 0.1) is 0 Å². The normalized spacial score (nSPS) is 13.1. The van der Waals surface area contributed by atoms with Gasteiger partial charge in [0, 0.05) is 17.6 Å². The fourth-order valence-electron chi connectivity index (χ4n) is 3.21. The van der Waals surface area contributed by atoms with Crippen LogP contribution in [0.2, 0.25) is 0 Å². The number of likely N-dealkylation sites (tertiary alicyclic amines) is 1. The highest BCUT2D eigenvalue weighted by molar-refractivity contribution is 9.10. The van der Waals surface area contributed by atoms with Gasteiger partial charge in [-0.2, -0.15) is 0 Å². The predicted octanol–water partition coefficient (Wildman–Crippen LogP) is 4.60. The summed E-state index contributed by atoms with van der Waals surface area (Å²) < 4.78 is 6.44. The molecule has 1 aliphatic rings. The maximum atomic E-state index is 12.8. The number of halogens is 1. The molecule has 1 saturated heterocycles. The van der Waals surface area contributed by atoms with Crippen LogP contribution in [0.1, 0.15) is 46.9 Å². The number of benzene rings is 2. The van der Waals surface area contributed by atoms with Crippen molar-refractivity contribution in [1.82, 2.24) is 10.2 Å². The minimum Gasteiger partial charge on any atom is -0.493 e. The lowest BCUT2D eigenvalue weighted by Crippen LogP contribution is -2.35. The number of carbonyl (C=O) groups is 2. The summed E-state index contributed by atoms with van der Waals surface area (Å²) in [5.41, 5.74) is 1.48. The number of carbonyl (C=O) groups excluding carboxylic acids is 2. The molecule has 158 valence electrons. The Balaban J connectivity index is 1.71. The molecular weight excluding hydrogens is 466 g/mol. The monoisotopic (exact) mass is 489 g/mol. The van der Waals surface area contributed by atoms with E-state index < -0.39 is 0 Å². The Bertz CT molecular complexity index is 945. The molecule has 6 nitrogen and oxygen atoms in total. The number of para-hydroxylation sites is 1. The lowest BCUT2D eigenvalue weighted by molar-refractivity contribution is 0.0793. The predicted molar refractivity (Wildman–Crippen MR) is 125 cm³/mol. The van der Waals surface area contributed by atoms with Crippen molar-refractivity contribution in [2.45, 2.75) is 26.2 Å². The van der Waals surface area contributed by atoms with Crippen LogP contribution in [-0.2, 0) is 0 Å². The van der Waals surface area contributed by atoms with E-state index in [0.29, 0.717) is 29.2 Å². The zero-order valence-corrected chi connectivity index (χ0v) is 19.1. The van der Waals surface area contributed by atoms with Crippen LogP contribution >= 0.6 is 28.1 Å². The first-order chi connectivity index (χ1) is 14.5. The summed E-state index contributed by atoms with van der Waals surface area (Å²) >= 11 is 8.72. The van der Waals surface area contributed by atoms with E-state index in [1.165, 1.54) is 0 Å². The summed E-state index contributed by atoms with van der Waals surface area (Å²) in [6, 6.07) is 12.4. The van der Waals surface area contributed by atoms with Crippen molar-refractivity contribution in [3.63, 3.8) is 0 Å². The van der Waals surface area contributed by atoms with Gasteiger partial charge < -0.3 is 15.0 Å². The van der Waals surface area contributed by atoms with Gasteiger partial charge in [0.15, 0.2) is 5.11 Å². The summed E-state index contributed by atoms with van der Waals surface area (Å²) in [4.78, 5) is 27.4. The van der Waals surface area contributed by atoms with Gasteiger partial charge in [-0.25, -0.2) is 0 Å². The highest BCUT2D eigenvalue weighted by Crippen LogP contribution is 2.24. The Morgan fingerprint density at radius 1 is 1.13 bits per heavy atom. The first kappa shape index (κ1) is 22.2. The molecule has 0 atom stereocenters. The van der Waals surface area contributed by atoms with Crippen molar-refractivity contribution in [3.8, 4) is 5.75 Å². The van der Waals surface area contributed by atoms with Gasteiger partial charge in [-0.3, -0.25) is 14.9 Å². The number of thiocarbonyl (C=S) groups is 1. The lowest BCUT2D eigenvalue weighted by atomic mass is 10.1. The quantitative estimate of drug-likeness (QED) is 0.580. The molecule has 1 heterocycles. The molecule has 0 unspecified atom stereocenters. The summed E-state index contributed by atoms with van der Waals surface area (Å²) in [5.74, 6) is 0.0696. The van der Waals surface area contributed by atoms with Crippen molar-refractivity contribution in [3.05, 3.63) is 58.1 Å². The van der Waals surface area contributed by atoms with E-state index in [0.717, 1.165) is 36.8 Å². The number of rotatable bonds is 6. The number of hydrogen-bond acceptors (Lipinski definition) is 4. The molecule has 2 aromatic rings. The van der Waals surface area contributed by atoms with E-state index in [2.05, 4.69) is 26.6 Å². The van der Waals surface area contributed by atoms with E-state index in [1.54, 1.807) is 24.3 Å². The third-order valence-electron chi connectivity index (χ3n) is 4.67. The summed E-state index contributed by atoms with van der Waals surface area (Å²) in [7, 11) is 0. The molecule has 8 heteroatoms. The van der Waals surface area contributed by atoms with E-state index >= 15 is 0 Å². The first-order valence-electron chi connectivity index (χ1n) is 9.92. The van der Waals surface area contributed by atoms with Crippen molar-refractivity contribution in [1.29, 1.82) is 0 Å². The standard InChI is InChI=1S/C22H24BrN3O3S/c1-2-13-29-19-10-9-15(23)14-17(19)20(27)25-22(30)24-18-8-4-3-7-16(18)21(28)26-11-5-6-12-26/h3-4,7-10,14H,2,5-6,11-13H2,1H3,(H2,24,25,27,30). The lowest BCUT2D eigenvalue weighted by Gasteiger charge is -2.19. The molecule has 3 rings (SSSR count). The Hall–Kier alpha value is -2.45. The second-order valence-corrected chi connectivity index (χ2v) is 8.27. The van der Waals surface area contributed by atoms with Crippen molar-refractivity contribution in [2.75, 3.05) is 25.0 Å².